The molecule has 1 aromatic carbocycles. The summed E-state index contributed by atoms with van der Waals surface area (Å²) in [6, 6.07) is 9.08. The molecule has 0 bridgehead atoms. The summed E-state index contributed by atoms with van der Waals surface area (Å²) in [5, 5.41) is 8.65. The summed E-state index contributed by atoms with van der Waals surface area (Å²) in [5.41, 5.74) is 6.93. The Balaban J connectivity index is 1.80. The highest BCUT2D eigenvalue weighted by Gasteiger charge is 2.34. The van der Waals surface area contributed by atoms with E-state index in [4.69, 9.17) is 10.8 Å². The number of hydrogen-bond acceptors (Lipinski definition) is 3. The first-order valence-electron chi connectivity index (χ1n) is 6.36. The Kier molecular flexibility index (Phi) is 4.16. The Morgan fingerprint density at radius 3 is 2.53 bits per heavy atom. The lowest BCUT2D eigenvalue weighted by Crippen LogP contribution is -2.56. The molecule has 5 heteroatoms. The zero-order chi connectivity index (χ0) is 13.8. The van der Waals surface area contributed by atoms with Crippen LogP contribution in [0.2, 0.25) is 0 Å². The lowest BCUT2D eigenvalue weighted by Gasteiger charge is -2.39. The number of carbonyl (C=O) groups is 2. The summed E-state index contributed by atoms with van der Waals surface area (Å²) in [5.74, 6) is -0.832. The molecule has 0 aromatic heterocycles. The molecule has 1 heterocycles. The van der Waals surface area contributed by atoms with Crippen LogP contribution in [0.3, 0.4) is 0 Å². The summed E-state index contributed by atoms with van der Waals surface area (Å²) in [4.78, 5) is 24.2. The molecule has 5 nitrogen and oxygen atoms in total. The van der Waals surface area contributed by atoms with Gasteiger partial charge in [-0.2, -0.15) is 0 Å². The number of nitrogens with zero attached hydrogens (tertiary/aromatic N) is 1. The largest absolute Gasteiger partial charge is 0.481 e. The predicted octanol–water partition coefficient (Wildman–Crippen LogP) is 0.489. The minimum Gasteiger partial charge on any atom is -0.481 e. The fourth-order valence-corrected chi connectivity index (χ4v) is 2.32. The van der Waals surface area contributed by atoms with Crippen molar-refractivity contribution >= 4 is 11.9 Å². The number of carbonyl (C=O) groups excluding carboxylic acids is 1. The van der Waals surface area contributed by atoms with Gasteiger partial charge in [0.2, 0.25) is 5.91 Å². The van der Waals surface area contributed by atoms with Crippen molar-refractivity contribution in [1.29, 1.82) is 0 Å². The third kappa shape index (κ3) is 3.54. The van der Waals surface area contributed by atoms with Gasteiger partial charge < -0.3 is 15.7 Å². The Morgan fingerprint density at radius 1 is 1.32 bits per heavy atom. The summed E-state index contributed by atoms with van der Waals surface area (Å²) in [6.07, 6.45) is 0.636. The third-order valence-corrected chi connectivity index (χ3v) is 3.35. The van der Waals surface area contributed by atoms with Gasteiger partial charge in [-0.1, -0.05) is 30.3 Å². The van der Waals surface area contributed by atoms with E-state index in [1.807, 2.05) is 30.3 Å². The monoisotopic (exact) mass is 262 g/mol. The van der Waals surface area contributed by atoms with Gasteiger partial charge in [0, 0.05) is 19.0 Å². The smallest absolute Gasteiger partial charge is 0.303 e. The van der Waals surface area contributed by atoms with Crippen molar-refractivity contribution in [2.45, 2.75) is 18.9 Å². The van der Waals surface area contributed by atoms with E-state index in [1.54, 1.807) is 4.90 Å². The van der Waals surface area contributed by atoms with Gasteiger partial charge in [-0.05, 0) is 12.0 Å². The molecule has 19 heavy (non-hydrogen) atoms. The topological polar surface area (TPSA) is 83.6 Å². The Hall–Kier alpha value is -1.88. The molecule has 1 atom stereocenters. The van der Waals surface area contributed by atoms with Crippen molar-refractivity contribution in [3.05, 3.63) is 35.9 Å². The summed E-state index contributed by atoms with van der Waals surface area (Å²) in [7, 11) is 0. The maximum absolute atomic E-state index is 12.0. The van der Waals surface area contributed by atoms with E-state index in [9.17, 15) is 9.59 Å². The van der Waals surface area contributed by atoms with Gasteiger partial charge >= 0.3 is 5.97 Å². The summed E-state index contributed by atoms with van der Waals surface area (Å²) < 4.78 is 0. The quantitative estimate of drug-likeness (QED) is 0.809. The van der Waals surface area contributed by atoms with E-state index >= 15 is 0 Å². The number of aliphatic carboxylic acids is 1. The van der Waals surface area contributed by atoms with E-state index in [-0.39, 0.29) is 18.2 Å². The average molecular weight is 262 g/mol. The Bertz CT molecular complexity index is 455. The Labute approximate surface area is 112 Å². The van der Waals surface area contributed by atoms with Crippen molar-refractivity contribution in [2.24, 2.45) is 11.7 Å². The maximum Gasteiger partial charge on any atom is 0.303 e. The fraction of sp³-hybridized carbons (Fsp3) is 0.429. The fourth-order valence-electron chi connectivity index (χ4n) is 2.32. The van der Waals surface area contributed by atoms with Crippen LogP contribution in [0.4, 0.5) is 0 Å². The first-order chi connectivity index (χ1) is 9.06. The normalized spacial score (nSPS) is 16.8. The second-order valence-corrected chi connectivity index (χ2v) is 5.00. The van der Waals surface area contributed by atoms with Gasteiger partial charge in [-0.3, -0.25) is 9.59 Å². The molecule has 0 spiro atoms. The zero-order valence-electron chi connectivity index (χ0n) is 10.7. The van der Waals surface area contributed by atoms with E-state index < -0.39 is 12.0 Å². The molecule has 2 rings (SSSR count). The van der Waals surface area contributed by atoms with E-state index in [2.05, 4.69) is 0 Å². The zero-order valence-corrected chi connectivity index (χ0v) is 10.7. The van der Waals surface area contributed by atoms with Gasteiger partial charge in [-0.25, -0.2) is 0 Å². The average Bonchev–Trinajstić information content (AvgIpc) is 2.33. The number of carboxylic acids is 1. The number of benzene rings is 1. The van der Waals surface area contributed by atoms with Crippen LogP contribution >= 0.6 is 0 Å². The molecule has 0 radical (unpaired) electrons. The molecule has 1 saturated heterocycles. The van der Waals surface area contributed by atoms with Crippen LogP contribution in [0.15, 0.2) is 30.3 Å². The molecule has 3 N–H and O–H groups in total. The second kappa shape index (κ2) is 5.84. The van der Waals surface area contributed by atoms with Crippen molar-refractivity contribution in [3.63, 3.8) is 0 Å². The number of nitrogens with two attached hydrogens (primary N) is 1. The minimum absolute atomic E-state index is 0.0744. The summed E-state index contributed by atoms with van der Waals surface area (Å²) >= 11 is 0. The first kappa shape index (κ1) is 13.5. The maximum atomic E-state index is 12.0. The van der Waals surface area contributed by atoms with Gasteiger partial charge in [0.15, 0.2) is 0 Å². The molecular weight excluding hydrogens is 244 g/mol. The number of carboxylic acid groups (broad SMARTS) is 1. The van der Waals surface area contributed by atoms with Crippen LogP contribution in [-0.2, 0) is 16.0 Å². The molecule has 1 aromatic rings. The minimum atomic E-state index is -0.814. The van der Waals surface area contributed by atoms with Gasteiger partial charge in [0.05, 0.1) is 12.5 Å². The third-order valence-electron chi connectivity index (χ3n) is 3.35. The molecule has 0 saturated carbocycles. The first-order valence-corrected chi connectivity index (χ1v) is 6.36. The summed E-state index contributed by atoms with van der Waals surface area (Å²) in [6.45, 7) is 1.02. The highest BCUT2D eigenvalue weighted by atomic mass is 16.4. The number of amides is 1. The standard InChI is InChI=1S/C14H18N2O3/c15-12(6-10-4-2-1-3-5-10)14(19)16-8-11(9-16)7-13(17)18/h1-5,11-12H,6-9,15H2,(H,17,18)/t12-/m0/s1. The van der Waals surface area contributed by atoms with E-state index in [1.165, 1.54) is 0 Å². The highest BCUT2D eigenvalue weighted by molar-refractivity contribution is 5.83. The van der Waals surface area contributed by atoms with Crippen molar-refractivity contribution in [2.75, 3.05) is 13.1 Å². The van der Waals surface area contributed by atoms with Crippen molar-refractivity contribution < 1.29 is 14.7 Å². The highest BCUT2D eigenvalue weighted by Crippen LogP contribution is 2.20. The van der Waals surface area contributed by atoms with Crippen molar-refractivity contribution in [1.82, 2.24) is 4.90 Å². The van der Waals surface area contributed by atoms with Gasteiger partial charge in [-0.15, -0.1) is 0 Å². The number of hydrogen-bond donors (Lipinski definition) is 2. The lowest BCUT2D eigenvalue weighted by molar-refractivity contribution is -0.145. The molecule has 1 aliphatic rings. The van der Waals surface area contributed by atoms with Crippen LogP contribution in [-0.4, -0.2) is 41.0 Å². The Morgan fingerprint density at radius 2 is 1.95 bits per heavy atom. The molecule has 0 unspecified atom stereocenters. The lowest BCUT2D eigenvalue weighted by atomic mass is 9.94. The SMILES string of the molecule is N[C@@H](Cc1ccccc1)C(=O)N1CC(CC(=O)O)C1. The van der Waals surface area contributed by atoms with Crippen LogP contribution < -0.4 is 5.73 Å². The number of rotatable bonds is 5. The molecule has 1 aliphatic heterocycles. The van der Waals surface area contributed by atoms with Crippen LogP contribution in [0.25, 0.3) is 0 Å². The van der Waals surface area contributed by atoms with Gasteiger partial charge in [0.1, 0.15) is 0 Å². The predicted molar refractivity (Wildman–Crippen MR) is 70.4 cm³/mol. The van der Waals surface area contributed by atoms with Crippen LogP contribution in [0.1, 0.15) is 12.0 Å². The van der Waals surface area contributed by atoms with Crippen molar-refractivity contribution in [3.8, 4) is 0 Å². The number of likely N-dealkylation sites (tertiary alicyclic amines) is 1. The second-order valence-electron chi connectivity index (χ2n) is 5.00. The molecule has 0 aliphatic carbocycles. The van der Waals surface area contributed by atoms with Crippen LogP contribution in [0, 0.1) is 5.92 Å². The van der Waals surface area contributed by atoms with E-state index in [0.29, 0.717) is 19.5 Å². The molecule has 102 valence electrons. The van der Waals surface area contributed by atoms with Gasteiger partial charge in [0.25, 0.3) is 0 Å². The molecule has 1 fully saturated rings. The molecule has 1 amide bonds. The van der Waals surface area contributed by atoms with E-state index in [0.717, 1.165) is 5.56 Å². The molecular formula is C14H18N2O3. The van der Waals surface area contributed by atoms with Crippen LogP contribution in [0.5, 0.6) is 0 Å².